The summed E-state index contributed by atoms with van der Waals surface area (Å²) in [6.45, 7) is 10.1. The number of nitrogens with two attached hydrogens (primary N) is 1. The van der Waals surface area contributed by atoms with Gasteiger partial charge in [0.1, 0.15) is 23.7 Å². The molecule has 1 aromatic rings. The monoisotopic (exact) mass is 686 g/mol. The summed E-state index contributed by atoms with van der Waals surface area (Å²) in [6.07, 6.45) is 4.34. The molecule has 0 radical (unpaired) electrons. The van der Waals surface area contributed by atoms with Gasteiger partial charge in [-0.15, -0.1) is 0 Å². The van der Waals surface area contributed by atoms with Crippen molar-refractivity contribution >= 4 is 41.4 Å². The molecule has 14 heteroatoms. The first-order chi connectivity index (χ1) is 23.0. The van der Waals surface area contributed by atoms with Gasteiger partial charge < -0.3 is 37.1 Å². The number of carbonyl (C=O) groups excluding carboxylic acids is 7. The molecule has 272 valence electrons. The van der Waals surface area contributed by atoms with Crippen LogP contribution in [-0.4, -0.2) is 71.7 Å². The molecule has 7 N–H and O–H groups in total. The van der Waals surface area contributed by atoms with Crippen LogP contribution in [0, 0.1) is 11.8 Å². The highest BCUT2D eigenvalue weighted by Gasteiger charge is 2.36. The van der Waals surface area contributed by atoms with Crippen molar-refractivity contribution in [1.29, 1.82) is 0 Å². The topological polar surface area (TPSA) is 215 Å². The van der Waals surface area contributed by atoms with Gasteiger partial charge in [0.25, 0.3) is 5.91 Å². The Morgan fingerprint density at radius 2 is 1.47 bits per heavy atom. The fourth-order valence-electron chi connectivity index (χ4n) is 5.68. The minimum atomic E-state index is -1.23. The van der Waals surface area contributed by atoms with Crippen molar-refractivity contribution in [3.8, 4) is 0 Å². The van der Waals surface area contributed by atoms with E-state index in [0.29, 0.717) is 12.0 Å². The number of hydrogen-bond acceptors (Lipinski definition) is 8. The predicted octanol–water partition coefficient (Wildman–Crippen LogP) is 2.30. The quantitative estimate of drug-likeness (QED) is 0.133. The van der Waals surface area contributed by atoms with Gasteiger partial charge >= 0.3 is 6.09 Å². The van der Waals surface area contributed by atoms with Gasteiger partial charge in [0.15, 0.2) is 0 Å². The molecule has 1 saturated carbocycles. The molecule has 0 heterocycles. The van der Waals surface area contributed by atoms with Crippen molar-refractivity contribution in [2.75, 3.05) is 6.54 Å². The molecule has 1 fully saturated rings. The van der Waals surface area contributed by atoms with E-state index in [1.54, 1.807) is 58.0 Å². The summed E-state index contributed by atoms with van der Waals surface area (Å²) in [5.41, 5.74) is 5.11. The van der Waals surface area contributed by atoms with Gasteiger partial charge in [0.05, 0.1) is 12.6 Å². The first-order valence-corrected chi connectivity index (χ1v) is 17.1. The van der Waals surface area contributed by atoms with Crippen LogP contribution >= 0.6 is 0 Å². The number of primary amides is 1. The van der Waals surface area contributed by atoms with E-state index in [2.05, 4.69) is 26.6 Å². The molecule has 0 bridgehead atoms. The Balaban J connectivity index is 2.12. The molecule has 2 rings (SSSR count). The maximum atomic E-state index is 13.7. The minimum absolute atomic E-state index is 0.0368. The number of ketones is 1. The van der Waals surface area contributed by atoms with Gasteiger partial charge in [-0.05, 0) is 63.9 Å². The van der Waals surface area contributed by atoms with Crippen LogP contribution in [0.1, 0.15) is 105 Å². The minimum Gasteiger partial charge on any atom is -0.444 e. The van der Waals surface area contributed by atoms with Crippen LogP contribution in [0.25, 0.3) is 0 Å². The molecule has 1 aliphatic rings. The zero-order valence-corrected chi connectivity index (χ0v) is 29.6. The molecule has 1 aliphatic carbocycles. The van der Waals surface area contributed by atoms with Gasteiger partial charge in [-0.25, -0.2) is 4.79 Å². The van der Waals surface area contributed by atoms with Crippen LogP contribution in [0.5, 0.6) is 0 Å². The maximum Gasteiger partial charge on any atom is 0.408 e. The summed E-state index contributed by atoms with van der Waals surface area (Å²) in [5, 5.41) is 12.8. The fraction of sp³-hybridized carbons (Fsp3) is 0.629. The van der Waals surface area contributed by atoms with Crippen LogP contribution in [0.15, 0.2) is 30.3 Å². The summed E-state index contributed by atoms with van der Waals surface area (Å²) in [7, 11) is 0. The van der Waals surface area contributed by atoms with E-state index in [0.717, 1.165) is 32.1 Å². The molecular formula is C35H54N6O8. The summed E-state index contributed by atoms with van der Waals surface area (Å²) in [4.78, 5) is 90.4. The lowest BCUT2D eigenvalue weighted by molar-refractivity contribution is -0.141. The Hall–Kier alpha value is -4.49. The van der Waals surface area contributed by atoms with E-state index < -0.39 is 77.7 Å². The molecule has 14 nitrogen and oxygen atoms in total. The summed E-state index contributed by atoms with van der Waals surface area (Å²) in [5.74, 6) is -5.02. The Kier molecular flexibility index (Phi) is 16.2. The number of amides is 6. The van der Waals surface area contributed by atoms with Crippen LogP contribution in [0.2, 0.25) is 0 Å². The van der Waals surface area contributed by atoms with Gasteiger partial charge in [0.2, 0.25) is 29.4 Å². The third kappa shape index (κ3) is 14.3. The van der Waals surface area contributed by atoms with E-state index in [9.17, 15) is 33.6 Å². The molecular weight excluding hydrogens is 632 g/mol. The predicted molar refractivity (Wildman–Crippen MR) is 182 cm³/mol. The molecule has 0 aromatic heterocycles. The lowest BCUT2D eigenvalue weighted by atomic mass is 9.83. The number of hydrogen-bond donors (Lipinski definition) is 6. The molecule has 4 atom stereocenters. The SMILES string of the molecule is CCC[C@H](NC(=O)[C@H](CC(C)C)NC(=O)[C@@H](NC(=O)OC(C)(C)C)C1CCCCC1)C(=O)C(=O)NCC(=O)N[C@H](C(N)=O)c1ccccc1. The number of benzene rings is 1. The molecule has 0 aliphatic heterocycles. The van der Waals surface area contributed by atoms with Crippen LogP contribution < -0.4 is 32.3 Å². The number of carbonyl (C=O) groups is 7. The van der Waals surface area contributed by atoms with Crippen molar-refractivity contribution in [3.63, 3.8) is 0 Å². The zero-order valence-electron chi connectivity index (χ0n) is 29.6. The number of rotatable bonds is 17. The van der Waals surface area contributed by atoms with Crippen LogP contribution in [0.3, 0.4) is 0 Å². The first-order valence-electron chi connectivity index (χ1n) is 17.1. The second-order valence-electron chi connectivity index (χ2n) is 13.9. The van der Waals surface area contributed by atoms with Crippen LogP contribution in [-0.2, 0) is 33.5 Å². The van der Waals surface area contributed by atoms with Crippen molar-refractivity contribution in [1.82, 2.24) is 26.6 Å². The Morgan fingerprint density at radius 1 is 0.857 bits per heavy atom. The summed E-state index contributed by atoms with van der Waals surface area (Å²) >= 11 is 0. The fourth-order valence-corrected chi connectivity index (χ4v) is 5.68. The van der Waals surface area contributed by atoms with Crippen molar-refractivity contribution in [2.24, 2.45) is 17.6 Å². The van der Waals surface area contributed by atoms with Gasteiger partial charge in [-0.2, -0.15) is 0 Å². The van der Waals surface area contributed by atoms with Gasteiger partial charge in [-0.3, -0.25) is 28.8 Å². The normalized spacial score (nSPS) is 15.9. The zero-order chi connectivity index (χ0) is 36.7. The van der Waals surface area contributed by atoms with E-state index in [-0.39, 0.29) is 24.7 Å². The Bertz CT molecular complexity index is 1310. The summed E-state index contributed by atoms with van der Waals surface area (Å²) in [6, 6.07) is 3.93. The molecule has 0 spiro atoms. The molecule has 1 aromatic carbocycles. The maximum absolute atomic E-state index is 13.7. The number of nitrogens with one attached hydrogen (secondary N) is 5. The molecule has 49 heavy (non-hydrogen) atoms. The van der Waals surface area contributed by atoms with Gasteiger partial charge in [0, 0.05) is 0 Å². The Labute approximate surface area is 288 Å². The highest BCUT2D eigenvalue weighted by Crippen LogP contribution is 2.27. The van der Waals surface area contributed by atoms with E-state index in [4.69, 9.17) is 10.5 Å². The van der Waals surface area contributed by atoms with Crippen molar-refractivity contribution < 1.29 is 38.3 Å². The largest absolute Gasteiger partial charge is 0.444 e. The Morgan fingerprint density at radius 3 is 2.02 bits per heavy atom. The van der Waals surface area contributed by atoms with Crippen molar-refractivity contribution in [3.05, 3.63) is 35.9 Å². The lowest BCUT2D eigenvalue weighted by Gasteiger charge is -2.32. The third-order valence-electron chi connectivity index (χ3n) is 7.98. The number of alkyl carbamates (subject to hydrolysis) is 1. The van der Waals surface area contributed by atoms with E-state index in [1.807, 2.05) is 13.8 Å². The first kappa shape index (κ1) is 40.7. The number of ether oxygens (including phenoxy) is 1. The highest BCUT2D eigenvalue weighted by atomic mass is 16.6. The second-order valence-corrected chi connectivity index (χ2v) is 13.9. The second kappa shape index (κ2) is 19.5. The summed E-state index contributed by atoms with van der Waals surface area (Å²) < 4.78 is 5.41. The molecule has 6 amide bonds. The smallest absolute Gasteiger partial charge is 0.408 e. The molecule has 0 unspecified atom stereocenters. The standard InChI is InChI=1S/C35H54N6O8/c1-7-14-24(29(43)33(47)37-20-26(42)40-27(30(36)44)22-15-10-8-11-16-22)38-31(45)25(19-21(2)3)39-32(46)28(23-17-12-9-13-18-23)41-34(48)49-35(4,5)6/h8,10-11,15-16,21,23-25,27-28H,7,9,12-14,17-20H2,1-6H3,(H2,36,44)(H,37,47)(H,38,45)(H,39,46)(H,40,42)(H,41,48)/t24-,25-,27-,28-/m0/s1. The van der Waals surface area contributed by atoms with E-state index in [1.165, 1.54) is 0 Å². The average molecular weight is 687 g/mol. The third-order valence-corrected chi connectivity index (χ3v) is 7.98. The highest BCUT2D eigenvalue weighted by molar-refractivity contribution is 6.38. The lowest BCUT2D eigenvalue weighted by Crippen LogP contribution is -2.58. The molecule has 0 saturated heterocycles. The van der Waals surface area contributed by atoms with E-state index >= 15 is 0 Å². The van der Waals surface area contributed by atoms with Crippen molar-refractivity contribution in [2.45, 2.75) is 123 Å². The van der Waals surface area contributed by atoms with Crippen LogP contribution in [0.4, 0.5) is 4.79 Å². The van der Waals surface area contributed by atoms with Gasteiger partial charge in [-0.1, -0.05) is 76.8 Å². The average Bonchev–Trinajstić information content (AvgIpc) is 3.03. The number of Topliss-reactive ketones (excluding diaryl/α,β-unsaturated/α-hetero) is 1.